The Morgan fingerprint density at radius 2 is 1.78 bits per heavy atom. The van der Waals surface area contributed by atoms with Gasteiger partial charge in [-0.15, -0.1) is 12.4 Å². The minimum atomic E-state index is -0.115. The summed E-state index contributed by atoms with van der Waals surface area (Å²) in [5.41, 5.74) is 2.78. The van der Waals surface area contributed by atoms with Crippen molar-refractivity contribution in [2.75, 3.05) is 25.1 Å². The van der Waals surface area contributed by atoms with Gasteiger partial charge in [-0.2, -0.15) is 0 Å². The van der Waals surface area contributed by atoms with E-state index >= 15 is 0 Å². The van der Waals surface area contributed by atoms with E-state index in [0.717, 1.165) is 28.5 Å². The zero-order chi connectivity index (χ0) is 18.5. The van der Waals surface area contributed by atoms with Gasteiger partial charge in [-0.3, -0.25) is 4.79 Å². The second-order valence-electron chi connectivity index (χ2n) is 6.34. The Balaban J connectivity index is 0.00000261. The number of rotatable bonds is 6. The molecule has 1 aliphatic heterocycles. The van der Waals surface area contributed by atoms with E-state index in [1.54, 1.807) is 0 Å². The number of carbonyl (C=O) groups excluding carboxylic acids is 1. The molecule has 2 N–H and O–H groups in total. The highest BCUT2D eigenvalue weighted by Crippen LogP contribution is 2.32. The smallest absolute Gasteiger partial charge is 0.223 e. The maximum atomic E-state index is 12.2. The van der Waals surface area contributed by atoms with Crippen LogP contribution in [0.1, 0.15) is 36.3 Å². The third-order valence-corrected chi connectivity index (χ3v) is 4.06. The number of ether oxygens (including phenoxy) is 2. The molecule has 1 aromatic carbocycles. The summed E-state index contributed by atoms with van der Waals surface area (Å²) >= 11 is 0. The lowest BCUT2D eigenvalue weighted by Crippen LogP contribution is -2.28. The van der Waals surface area contributed by atoms with E-state index in [1.807, 2.05) is 45.0 Å². The predicted molar refractivity (Wildman–Crippen MR) is 106 cm³/mol. The summed E-state index contributed by atoms with van der Waals surface area (Å²) in [6.45, 7) is 7.37. The molecule has 7 nitrogen and oxygen atoms in total. The number of halogens is 1. The van der Waals surface area contributed by atoms with Crippen LogP contribution in [0.4, 0.5) is 5.95 Å². The van der Waals surface area contributed by atoms with Crippen molar-refractivity contribution in [2.45, 2.75) is 33.2 Å². The number of anilines is 1. The Morgan fingerprint density at radius 1 is 1.11 bits per heavy atom. The van der Waals surface area contributed by atoms with Gasteiger partial charge in [0, 0.05) is 24.4 Å². The van der Waals surface area contributed by atoms with Crippen LogP contribution >= 0.6 is 12.4 Å². The molecule has 1 unspecified atom stereocenters. The molecule has 1 aromatic heterocycles. The van der Waals surface area contributed by atoms with Crippen molar-refractivity contribution in [2.24, 2.45) is 0 Å². The van der Waals surface area contributed by atoms with E-state index in [1.165, 1.54) is 0 Å². The number of hydrogen-bond donors (Lipinski definition) is 2. The first-order chi connectivity index (χ1) is 12.5. The lowest BCUT2D eigenvalue weighted by Gasteiger charge is -2.21. The number of benzene rings is 1. The van der Waals surface area contributed by atoms with Crippen LogP contribution in [-0.2, 0) is 4.79 Å². The minimum absolute atomic E-state index is 0. The Labute approximate surface area is 165 Å². The molecule has 146 valence electrons. The number of amides is 1. The van der Waals surface area contributed by atoms with Gasteiger partial charge in [0.25, 0.3) is 0 Å². The number of carbonyl (C=O) groups is 1. The van der Waals surface area contributed by atoms with Gasteiger partial charge in [-0.1, -0.05) is 6.07 Å². The van der Waals surface area contributed by atoms with Crippen LogP contribution in [0.25, 0.3) is 0 Å². The normalized spacial score (nSPS) is 13.3. The van der Waals surface area contributed by atoms with Gasteiger partial charge in [0.2, 0.25) is 11.9 Å². The molecule has 0 fully saturated rings. The van der Waals surface area contributed by atoms with Gasteiger partial charge in [0.1, 0.15) is 13.2 Å². The van der Waals surface area contributed by atoms with E-state index < -0.39 is 0 Å². The molecule has 1 aliphatic rings. The highest BCUT2D eigenvalue weighted by atomic mass is 35.5. The Hall–Kier alpha value is -2.54. The predicted octanol–water partition coefficient (Wildman–Crippen LogP) is 2.97. The zero-order valence-corrected chi connectivity index (χ0v) is 16.6. The molecule has 2 aromatic rings. The quantitative estimate of drug-likeness (QED) is 0.786. The Kier molecular flexibility index (Phi) is 7.24. The Morgan fingerprint density at radius 3 is 2.48 bits per heavy atom. The molecule has 0 aliphatic carbocycles. The fourth-order valence-corrected chi connectivity index (χ4v) is 2.82. The van der Waals surface area contributed by atoms with Crippen LogP contribution in [0.5, 0.6) is 11.5 Å². The highest BCUT2D eigenvalue weighted by molar-refractivity contribution is 5.85. The van der Waals surface area contributed by atoms with Crippen LogP contribution in [0.15, 0.2) is 24.3 Å². The van der Waals surface area contributed by atoms with Crippen molar-refractivity contribution in [3.63, 3.8) is 0 Å². The summed E-state index contributed by atoms with van der Waals surface area (Å²) < 4.78 is 11.1. The van der Waals surface area contributed by atoms with Crippen molar-refractivity contribution < 1.29 is 14.3 Å². The van der Waals surface area contributed by atoms with Gasteiger partial charge in [0.15, 0.2) is 11.5 Å². The van der Waals surface area contributed by atoms with Crippen LogP contribution < -0.4 is 20.1 Å². The molecule has 1 atom stereocenters. The molecule has 27 heavy (non-hydrogen) atoms. The molecular formula is C19H25ClN4O3. The SMILES string of the molecule is Cc1cc(C)nc(NCCC(=O)NC(C)c2ccc3c(c2)OCCO3)n1.Cl. The fourth-order valence-electron chi connectivity index (χ4n) is 2.82. The first-order valence-electron chi connectivity index (χ1n) is 8.76. The molecule has 0 spiro atoms. The maximum Gasteiger partial charge on any atom is 0.223 e. The van der Waals surface area contributed by atoms with Gasteiger partial charge >= 0.3 is 0 Å². The van der Waals surface area contributed by atoms with E-state index in [-0.39, 0.29) is 24.4 Å². The second kappa shape index (κ2) is 9.41. The van der Waals surface area contributed by atoms with Crippen molar-refractivity contribution in [1.29, 1.82) is 0 Å². The number of aromatic nitrogens is 2. The number of nitrogens with zero attached hydrogens (tertiary/aromatic N) is 2. The van der Waals surface area contributed by atoms with Gasteiger partial charge in [0.05, 0.1) is 6.04 Å². The average molecular weight is 393 g/mol. The largest absolute Gasteiger partial charge is 0.486 e. The molecule has 0 saturated heterocycles. The number of fused-ring (bicyclic) bond motifs is 1. The molecule has 3 rings (SSSR count). The summed E-state index contributed by atoms with van der Waals surface area (Å²) in [7, 11) is 0. The van der Waals surface area contributed by atoms with Crippen LogP contribution in [0.2, 0.25) is 0 Å². The summed E-state index contributed by atoms with van der Waals surface area (Å²) in [4.78, 5) is 20.8. The molecule has 0 radical (unpaired) electrons. The topological polar surface area (TPSA) is 85.4 Å². The standard InChI is InChI=1S/C19H24N4O3.ClH/c1-12-10-13(2)22-19(21-12)20-7-6-18(24)23-14(3)15-4-5-16-17(11-15)26-9-8-25-16;/h4-5,10-11,14H,6-9H2,1-3H3,(H,23,24)(H,20,21,22);1H. The van der Waals surface area contributed by atoms with Crippen LogP contribution in [0, 0.1) is 13.8 Å². The Bertz CT molecular complexity index is 780. The van der Waals surface area contributed by atoms with Crippen molar-refractivity contribution in [3.05, 3.63) is 41.2 Å². The summed E-state index contributed by atoms with van der Waals surface area (Å²) in [6, 6.07) is 7.54. The third kappa shape index (κ3) is 5.72. The summed E-state index contributed by atoms with van der Waals surface area (Å²) in [5.74, 6) is 1.99. The van der Waals surface area contributed by atoms with Crippen LogP contribution in [0.3, 0.4) is 0 Å². The maximum absolute atomic E-state index is 12.2. The number of hydrogen-bond acceptors (Lipinski definition) is 6. The van der Waals surface area contributed by atoms with Crippen LogP contribution in [-0.4, -0.2) is 35.6 Å². The third-order valence-electron chi connectivity index (χ3n) is 4.06. The molecule has 0 saturated carbocycles. The van der Waals surface area contributed by atoms with E-state index in [2.05, 4.69) is 20.6 Å². The summed E-state index contributed by atoms with van der Waals surface area (Å²) in [5, 5.41) is 6.09. The average Bonchev–Trinajstić information content (AvgIpc) is 2.60. The monoisotopic (exact) mass is 392 g/mol. The van der Waals surface area contributed by atoms with Crippen molar-refractivity contribution in [3.8, 4) is 11.5 Å². The zero-order valence-electron chi connectivity index (χ0n) is 15.7. The minimum Gasteiger partial charge on any atom is -0.486 e. The van der Waals surface area contributed by atoms with E-state index in [9.17, 15) is 4.79 Å². The van der Waals surface area contributed by atoms with E-state index in [0.29, 0.717) is 32.1 Å². The second-order valence-corrected chi connectivity index (χ2v) is 6.34. The first kappa shape index (κ1) is 20.8. The van der Waals surface area contributed by atoms with Gasteiger partial charge in [-0.05, 0) is 44.5 Å². The van der Waals surface area contributed by atoms with Crippen molar-refractivity contribution in [1.82, 2.24) is 15.3 Å². The van der Waals surface area contributed by atoms with Gasteiger partial charge in [-0.25, -0.2) is 9.97 Å². The highest BCUT2D eigenvalue weighted by Gasteiger charge is 2.15. The van der Waals surface area contributed by atoms with E-state index in [4.69, 9.17) is 9.47 Å². The molecular weight excluding hydrogens is 368 g/mol. The molecule has 2 heterocycles. The number of nitrogens with one attached hydrogen (secondary N) is 2. The molecule has 8 heteroatoms. The fraction of sp³-hybridized carbons (Fsp3) is 0.421. The van der Waals surface area contributed by atoms with Gasteiger partial charge < -0.3 is 20.1 Å². The molecule has 0 bridgehead atoms. The first-order valence-corrected chi connectivity index (χ1v) is 8.76. The van der Waals surface area contributed by atoms with Crippen molar-refractivity contribution >= 4 is 24.3 Å². The molecule has 1 amide bonds. The lowest BCUT2D eigenvalue weighted by molar-refractivity contribution is -0.121. The lowest BCUT2D eigenvalue weighted by atomic mass is 10.1. The summed E-state index contributed by atoms with van der Waals surface area (Å²) in [6.07, 6.45) is 0.339. The number of aryl methyl sites for hydroxylation is 2.